The second-order valence-electron chi connectivity index (χ2n) is 6.74. The first-order valence-electron chi connectivity index (χ1n) is 10.3. The van der Waals surface area contributed by atoms with Crippen molar-refractivity contribution in [1.29, 1.82) is 0 Å². The van der Waals surface area contributed by atoms with Crippen LogP contribution in [-0.4, -0.2) is 54.5 Å². The molecular weight excluding hydrogens is 439 g/mol. The number of aliphatic carboxylic acids is 2. The molecule has 1 atom stereocenters. The van der Waals surface area contributed by atoms with Gasteiger partial charge in [-0.2, -0.15) is 0 Å². The minimum Gasteiger partial charge on any atom is -0.481 e. The molecule has 26 heavy (non-hydrogen) atoms. The van der Waals surface area contributed by atoms with E-state index in [4.69, 9.17) is 15.3 Å². The Labute approximate surface area is 170 Å². The summed E-state index contributed by atoms with van der Waals surface area (Å²) >= 11 is 0.0736. The predicted octanol–water partition coefficient (Wildman–Crippen LogP) is 5.15. The predicted molar refractivity (Wildman–Crippen MR) is 108 cm³/mol. The van der Waals surface area contributed by atoms with Crippen molar-refractivity contribution in [3.63, 3.8) is 0 Å². The van der Waals surface area contributed by atoms with Crippen LogP contribution in [0.4, 0.5) is 0 Å². The quantitative estimate of drug-likeness (QED) is 0.198. The molecule has 0 bridgehead atoms. The number of aliphatic hydroxyl groups is 1. The zero-order chi connectivity index (χ0) is 20.0. The summed E-state index contributed by atoms with van der Waals surface area (Å²) in [7, 11) is 0. The first-order valence-corrected chi connectivity index (χ1v) is 14.3. The van der Waals surface area contributed by atoms with Crippen molar-refractivity contribution in [1.82, 2.24) is 0 Å². The van der Waals surface area contributed by atoms with E-state index < -0.39 is 24.5 Å². The molecule has 0 saturated heterocycles. The van der Waals surface area contributed by atoms with Crippen LogP contribution in [0.2, 0.25) is 8.87 Å². The van der Waals surface area contributed by atoms with Crippen molar-refractivity contribution in [3.8, 4) is 0 Å². The van der Waals surface area contributed by atoms with Gasteiger partial charge in [-0.15, -0.1) is 0 Å². The van der Waals surface area contributed by atoms with Gasteiger partial charge < -0.3 is 15.3 Å². The number of carboxylic acid groups (broad SMARTS) is 2. The number of hydrogen-bond acceptors (Lipinski definition) is 3. The number of carboxylic acids is 2. The Kier molecular flexibility index (Phi) is 24.4. The Morgan fingerprint density at radius 1 is 0.731 bits per heavy atom. The summed E-state index contributed by atoms with van der Waals surface area (Å²) in [6.45, 7) is 4.60. The molecule has 0 amide bonds. The number of aliphatic hydroxyl groups excluding tert-OH is 1. The molecule has 1 unspecified atom stereocenters. The average Bonchev–Trinajstić information content (AvgIpc) is 2.59. The fraction of sp³-hybridized carbons (Fsp3) is 0.900. The van der Waals surface area contributed by atoms with Crippen LogP contribution in [0, 0.1) is 0 Å². The SMILES string of the molecule is CCCCCCC[CH2][Sn][CH2]CCCCCCC.O=C(O)CC(O)C(=O)O. The summed E-state index contributed by atoms with van der Waals surface area (Å²) in [5.74, 6) is -2.85. The summed E-state index contributed by atoms with van der Waals surface area (Å²) in [5, 5.41) is 24.1. The number of unbranched alkanes of at least 4 members (excludes halogenated alkanes) is 10. The van der Waals surface area contributed by atoms with E-state index in [9.17, 15) is 9.59 Å². The maximum atomic E-state index is 9.72. The van der Waals surface area contributed by atoms with Gasteiger partial charge in [-0.25, -0.2) is 4.79 Å². The third-order valence-electron chi connectivity index (χ3n) is 4.07. The van der Waals surface area contributed by atoms with Crippen molar-refractivity contribution in [2.24, 2.45) is 0 Å². The van der Waals surface area contributed by atoms with E-state index in [2.05, 4.69) is 13.8 Å². The van der Waals surface area contributed by atoms with Crippen molar-refractivity contribution < 1.29 is 24.9 Å². The minimum absolute atomic E-state index is 0.0736. The van der Waals surface area contributed by atoms with Crippen LogP contribution in [0.3, 0.4) is 0 Å². The van der Waals surface area contributed by atoms with Gasteiger partial charge in [0.25, 0.3) is 0 Å². The van der Waals surface area contributed by atoms with Gasteiger partial charge in [0.2, 0.25) is 0 Å². The van der Waals surface area contributed by atoms with Crippen molar-refractivity contribution in [2.75, 3.05) is 0 Å². The van der Waals surface area contributed by atoms with E-state index in [1.807, 2.05) is 0 Å². The molecule has 0 fully saturated rings. The van der Waals surface area contributed by atoms with Crippen LogP contribution < -0.4 is 0 Å². The molecule has 154 valence electrons. The Morgan fingerprint density at radius 3 is 1.42 bits per heavy atom. The summed E-state index contributed by atoms with van der Waals surface area (Å²) in [5.41, 5.74) is 0. The Morgan fingerprint density at radius 2 is 1.12 bits per heavy atom. The minimum atomic E-state index is -1.79. The topological polar surface area (TPSA) is 94.8 Å². The Hall–Kier alpha value is -0.301. The Balaban J connectivity index is 0. The normalized spacial score (nSPS) is 11.5. The molecule has 0 saturated carbocycles. The Bertz CT molecular complexity index is 309. The molecule has 0 aromatic heterocycles. The van der Waals surface area contributed by atoms with Gasteiger partial charge in [0.15, 0.2) is 6.10 Å². The van der Waals surface area contributed by atoms with Crippen LogP contribution >= 0.6 is 0 Å². The molecule has 0 rings (SSSR count). The maximum absolute atomic E-state index is 9.72. The zero-order valence-corrected chi connectivity index (χ0v) is 19.7. The van der Waals surface area contributed by atoms with E-state index in [-0.39, 0.29) is 21.1 Å². The molecule has 5 nitrogen and oxygen atoms in total. The molecule has 0 aliphatic carbocycles. The molecule has 2 radical (unpaired) electrons. The van der Waals surface area contributed by atoms with Gasteiger partial charge in [-0.3, -0.25) is 4.79 Å². The first-order chi connectivity index (χ1) is 12.5. The molecular formula is C20H40O5Sn. The van der Waals surface area contributed by atoms with Crippen molar-refractivity contribution in [2.45, 2.75) is 112 Å². The van der Waals surface area contributed by atoms with E-state index in [0.29, 0.717) is 0 Å². The average molecular weight is 479 g/mol. The summed E-state index contributed by atoms with van der Waals surface area (Å²) in [6, 6.07) is 0. The van der Waals surface area contributed by atoms with E-state index in [0.717, 1.165) is 0 Å². The van der Waals surface area contributed by atoms with Gasteiger partial charge >= 0.3 is 133 Å². The van der Waals surface area contributed by atoms with Crippen molar-refractivity contribution >= 4 is 33.1 Å². The molecule has 0 spiro atoms. The second kappa shape index (κ2) is 22.7. The second-order valence-corrected chi connectivity index (χ2v) is 11.0. The van der Waals surface area contributed by atoms with Crippen molar-refractivity contribution in [3.05, 3.63) is 0 Å². The van der Waals surface area contributed by atoms with E-state index >= 15 is 0 Å². The van der Waals surface area contributed by atoms with Crippen LogP contribution in [-0.2, 0) is 9.59 Å². The monoisotopic (exact) mass is 480 g/mol. The van der Waals surface area contributed by atoms with Crippen LogP contribution in [0.25, 0.3) is 0 Å². The van der Waals surface area contributed by atoms with Gasteiger partial charge in [0, 0.05) is 0 Å². The number of hydrogen-bond donors (Lipinski definition) is 3. The first kappa shape index (κ1) is 27.9. The molecule has 0 aromatic carbocycles. The molecule has 6 heteroatoms. The molecule has 3 N–H and O–H groups in total. The molecule has 0 heterocycles. The zero-order valence-electron chi connectivity index (χ0n) is 16.8. The van der Waals surface area contributed by atoms with Gasteiger partial charge in [-0.05, 0) is 0 Å². The summed E-state index contributed by atoms with van der Waals surface area (Å²) < 4.78 is 3.31. The number of rotatable bonds is 17. The van der Waals surface area contributed by atoms with Crippen LogP contribution in [0.15, 0.2) is 0 Å². The number of carbonyl (C=O) groups is 2. The standard InChI is InChI=1S/2C8H17.C4H6O5.Sn/c2*1-3-5-7-8-6-4-2;5-2(4(8)9)1-3(6)7;/h2*1,3-8H2,2H3;2,5H,1H2,(H,6,7)(H,8,9);. The van der Waals surface area contributed by atoms with Gasteiger partial charge in [0.05, 0.1) is 6.42 Å². The third-order valence-corrected chi connectivity index (χ3v) is 8.10. The van der Waals surface area contributed by atoms with Crippen LogP contribution in [0.5, 0.6) is 0 Å². The molecule has 0 aliphatic heterocycles. The van der Waals surface area contributed by atoms with Crippen LogP contribution in [0.1, 0.15) is 97.3 Å². The smallest absolute Gasteiger partial charge is 0.333 e. The fourth-order valence-corrected chi connectivity index (χ4v) is 6.01. The summed E-state index contributed by atoms with van der Waals surface area (Å²) in [6.07, 6.45) is 15.3. The van der Waals surface area contributed by atoms with Gasteiger partial charge in [-0.1, -0.05) is 0 Å². The summed E-state index contributed by atoms with van der Waals surface area (Å²) in [4.78, 5) is 19.4. The van der Waals surface area contributed by atoms with E-state index in [1.54, 1.807) is 21.7 Å². The fourth-order valence-electron chi connectivity index (χ4n) is 2.44. The largest absolute Gasteiger partial charge is 0.481 e. The molecule has 0 aromatic rings. The molecule has 0 aliphatic rings. The van der Waals surface area contributed by atoms with E-state index in [1.165, 1.54) is 64.2 Å². The van der Waals surface area contributed by atoms with Gasteiger partial charge in [0.1, 0.15) is 0 Å². The maximum Gasteiger partial charge on any atom is 0.333 e. The third kappa shape index (κ3) is 25.9.